The van der Waals surface area contributed by atoms with Crippen LogP contribution in [-0.4, -0.2) is 23.1 Å². The van der Waals surface area contributed by atoms with Crippen molar-refractivity contribution in [1.82, 2.24) is 0 Å². The lowest BCUT2D eigenvalue weighted by Gasteiger charge is -2.07. The summed E-state index contributed by atoms with van der Waals surface area (Å²) in [5, 5.41) is 7.19. The second kappa shape index (κ2) is 4.93. The van der Waals surface area contributed by atoms with Gasteiger partial charge in [0.1, 0.15) is 12.4 Å². The number of carboxylic acids is 1. The van der Waals surface area contributed by atoms with E-state index in [-0.39, 0.29) is 12.4 Å². The number of hydrogen-bond acceptors (Lipinski definition) is 2. The number of ether oxygens (including phenoxy) is 1. The fourth-order valence-corrected chi connectivity index (χ4v) is 0.870. The number of carboxylic acid groups (broad SMARTS) is 1. The van der Waals surface area contributed by atoms with E-state index in [2.05, 4.69) is 0 Å². The first-order valence-electron chi connectivity index (χ1n) is 3.95. The van der Waals surface area contributed by atoms with Gasteiger partial charge in [-0.3, -0.25) is 4.79 Å². The molecule has 1 rings (SSSR count). The predicted molar refractivity (Wildman–Crippen MR) is 49.1 cm³/mol. The van der Waals surface area contributed by atoms with Crippen LogP contribution in [0.4, 0.5) is 8.78 Å². The summed E-state index contributed by atoms with van der Waals surface area (Å²) >= 11 is 5.34. The van der Waals surface area contributed by atoms with E-state index in [1.807, 2.05) is 0 Å². The van der Waals surface area contributed by atoms with Crippen LogP contribution < -0.4 is 4.74 Å². The highest BCUT2D eigenvalue weighted by molar-refractivity contribution is 6.29. The van der Waals surface area contributed by atoms with Crippen LogP contribution in [0.2, 0.25) is 0 Å². The Morgan fingerprint density at radius 1 is 1.47 bits per heavy atom. The first kappa shape index (κ1) is 11.7. The molecule has 1 atom stereocenters. The van der Waals surface area contributed by atoms with Crippen molar-refractivity contribution in [2.75, 3.05) is 6.61 Å². The van der Waals surface area contributed by atoms with E-state index in [1.54, 1.807) is 0 Å². The third-order valence-electron chi connectivity index (χ3n) is 1.56. The van der Waals surface area contributed by atoms with Crippen LogP contribution in [0.25, 0.3) is 0 Å². The molecule has 1 aromatic carbocycles. The van der Waals surface area contributed by atoms with E-state index in [4.69, 9.17) is 21.4 Å². The van der Waals surface area contributed by atoms with Crippen LogP contribution in [-0.2, 0) is 4.79 Å². The molecule has 0 spiro atoms. The molecule has 0 bridgehead atoms. The molecular weight excluding hydrogens is 230 g/mol. The molecule has 0 aliphatic heterocycles. The second-order valence-corrected chi connectivity index (χ2v) is 3.22. The molecule has 1 aromatic rings. The molecule has 1 unspecified atom stereocenters. The third kappa shape index (κ3) is 3.36. The average Bonchev–Trinajstić information content (AvgIpc) is 2.19. The minimum atomic E-state index is -1.24. The predicted octanol–water partition coefficient (Wildman–Crippen LogP) is 2.04. The third-order valence-corrected chi connectivity index (χ3v) is 1.87. The first-order valence-corrected chi connectivity index (χ1v) is 4.39. The molecule has 3 nitrogen and oxygen atoms in total. The normalized spacial score (nSPS) is 12.2. The Kier molecular flexibility index (Phi) is 3.85. The van der Waals surface area contributed by atoms with Crippen molar-refractivity contribution in [2.45, 2.75) is 5.38 Å². The van der Waals surface area contributed by atoms with Crippen molar-refractivity contribution in [2.24, 2.45) is 0 Å². The largest absolute Gasteiger partial charge is 0.491 e. The number of hydrogen-bond donors (Lipinski definition) is 1. The maximum Gasteiger partial charge on any atom is 0.325 e. The number of carbonyl (C=O) groups is 1. The summed E-state index contributed by atoms with van der Waals surface area (Å²) in [7, 11) is 0. The van der Waals surface area contributed by atoms with Gasteiger partial charge in [0.15, 0.2) is 17.0 Å². The summed E-state index contributed by atoms with van der Waals surface area (Å²) in [5.74, 6) is -3.27. The van der Waals surface area contributed by atoms with Crippen molar-refractivity contribution in [3.63, 3.8) is 0 Å². The molecule has 0 saturated carbocycles. The van der Waals surface area contributed by atoms with Gasteiger partial charge < -0.3 is 9.84 Å². The van der Waals surface area contributed by atoms with Crippen LogP contribution in [0.15, 0.2) is 18.2 Å². The topological polar surface area (TPSA) is 46.5 Å². The zero-order valence-corrected chi connectivity index (χ0v) is 8.17. The van der Waals surface area contributed by atoms with Gasteiger partial charge in [-0.25, -0.2) is 8.78 Å². The van der Waals surface area contributed by atoms with Crippen molar-refractivity contribution < 1.29 is 23.4 Å². The van der Waals surface area contributed by atoms with Gasteiger partial charge in [-0.05, 0) is 12.1 Å². The van der Waals surface area contributed by atoms with Gasteiger partial charge in [0.05, 0.1) is 0 Å². The number of aliphatic carboxylic acids is 1. The highest BCUT2D eigenvalue weighted by Crippen LogP contribution is 2.16. The fourth-order valence-electron chi connectivity index (χ4n) is 0.807. The molecule has 1 N–H and O–H groups in total. The molecule has 0 aromatic heterocycles. The minimum Gasteiger partial charge on any atom is -0.491 e. The van der Waals surface area contributed by atoms with E-state index >= 15 is 0 Å². The molecule has 82 valence electrons. The SMILES string of the molecule is O=C(O)C(Cl)COc1ccc(F)c(F)c1. The molecular formula is C9H7ClF2O3. The lowest BCUT2D eigenvalue weighted by Crippen LogP contribution is -2.21. The Morgan fingerprint density at radius 3 is 2.67 bits per heavy atom. The summed E-state index contributed by atoms with van der Waals surface area (Å²) in [6.45, 7) is -0.317. The maximum atomic E-state index is 12.7. The van der Waals surface area contributed by atoms with E-state index in [0.717, 1.165) is 12.1 Å². The highest BCUT2D eigenvalue weighted by atomic mass is 35.5. The van der Waals surface area contributed by atoms with Crippen molar-refractivity contribution in [3.05, 3.63) is 29.8 Å². The molecule has 0 heterocycles. The van der Waals surface area contributed by atoms with Gasteiger partial charge in [0.2, 0.25) is 0 Å². The van der Waals surface area contributed by atoms with Gasteiger partial charge in [-0.2, -0.15) is 0 Å². The Balaban J connectivity index is 2.58. The quantitative estimate of drug-likeness (QED) is 0.814. The second-order valence-electron chi connectivity index (χ2n) is 2.69. The smallest absolute Gasteiger partial charge is 0.325 e. The van der Waals surface area contributed by atoms with E-state index < -0.39 is 23.0 Å². The zero-order chi connectivity index (χ0) is 11.4. The van der Waals surface area contributed by atoms with E-state index in [1.165, 1.54) is 6.07 Å². The molecule has 6 heteroatoms. The minimum absolute atomic E-state index is 0.0285. The summed E-state index contributed by atoms with van der Waals surface area (Å²) in [4.78, 5) is 10.3. The number of alkyl halides is 1. The van der Waals surface area contributed by atoms with Gasteiger partial charge in [-0.15, -0.1) is 11.6 Å². The van der Waals surface area contributed by atoms with Crippen molar-refractivity contribution >= 4 is 17.6 Å². The van der Waals surface area contributed by atoms with Crippen LogP contribution in [0.1, 0.15) is 0 Å². The van der Waals surface area contributed by atoms with E-state index in [9.17, 15) is 13.6 Å². The van der Waals surface area contributed by atoms with Gasteiger partial charge in [0.25, 0.3) is 0 Å². The summed E-state index contributed by atoms with van der Waals surface area (Å²) in [6, 6.07) is 2.89. The highest BCUT2D eigenvalue weighted by Gasteiger charge is 2.14. The summed E-state index contributed by atoms with van der Waals surface area (Å²) in [5.41, 5.74) is 0. The van der Waals surface area contributed by atoms with Gasteiger partial charge in [0, 0.05) is 6.07 Å². The van der Waals surface area contributed by atoms with Crippen LogP contribution >= 0.6 is 11.6 Å². The fraction of sp³-hybridized carbons (Fsp3) is 0.222. The Morgan fingerprint density at radius 2 is 2.13 bits per heavy atom. The number of halogens is 3. The molecule has 0 fully saturated rings. The molecule has 0 saturated heterocycles. The lowest BCUT2D eigenvalue weighted by molar-refractivity contribution is -0.137. The zero-order valence-electron chi connectivity index (χ0n) is 7.41. The van der Waals surface area contributed by atoms with Crippen molar-refractivity contribution in [1.29, 1.82) is 0 Å². The molecule has 0 aliphatic rings. The van der Waals surface area contributed by atoms with Crippen LogP contribution in [0, 0.1) is 11.6 Å². The monoisotopic (exact) mass is 236 g/mol. The Hall–Kier alpha value is -1.36. The number of rotatable bonds is 4. The Labute approximate surface area is 89.2 Å². The molecule has 0 radical (unpaired) electrons. The van der Waals surface area contributed by atoms with Crippen molar-refractivity contribution in [3.8, 4) is 5.75 Å². The Bertz CT molecular complexity index is 370. The summed E-state index contributed by atoms with van der Waals surface area (Å²) < 4.78 is 30.0. The maximum absolute atomic E-state index is 12.7. The molecule has 0 aliphatic carbocycles. The number of benzene rings is 1. The van der Waals surface area contributed by atoms with Crippen LogP contribution in [0.3, 0.4) is 0 Å². The van der Waals surface area contributed by atoms with Gasteiger partial charge in [-0.1, -0.05) is 0 Å². The molecule has 0 amide bonds. The van der Waals surface area contributed by atoms with Gasteiger partial charge >= 0.3 is 5.97 Å². The van der Waals surface area contributed by atoms with Crippen LogP contribution in [0.5, 0.6) is 5.75 Å². The summed E-state index contributed by atoms with van der Waals surface area (Å²) in [6.07, 6.45) is 0. The molecule has 15 heavy (non-hydrogen) atoms. The average molecular weight is 237 g/mol. The van der Waals surface area contributed by atoms with E-state index in [0.29, 0.717) is 0 Å². The first-order chi connectivity index (χ1) is 7.00. The standard InChI is InChI=1S/C9H7ClF2O3/c10-6(9(13)14)4-15-5-1-2-7(11)8(12)3-5/h1-3,6H,4H2,(H,13,14). The lowest BCUT2D eigenvalue weighted by atomic mass is 10.3.